The minimum Gasteiger partial charge on any atom is -0.495 e. The van der Waals surface area contributed by atoms with E-state index in [0.717, 1.165) is 4.90 Å². The lowest BCUT2D eigenvalue weighted by atomic mass is 10.1. The number of rotatable bonds is 5. The topological polar surface area (TPSA) is 113 Å². The number of methoxy groups -OCH3 is 1. The van der Waals surface area contributed by atoms with Crippen LogP contribution in [0.1, 0.15) is 41.4 Å². The second kappa shape index (κ2) is 8.16. The Morgan fingerprint density at radius 1 is 0.938 bits per heavy atom. The zero-order valence-corrected chi connectivity index (χ0v) is 17.3. The van der Waals surface area contributed by atoms with E-state index in [-0.39, 0.29) is 27.9 Å². The number of anilines is 2. The van der Waals surface area contributed by atoms with Crippen molar-refractivity contribution in [2.45, 2.75) is 0 Å². The van der Waals surface area contributed by atoms with Gasteiger partial charge >= 0.3 is 5.97 Å². The Hall–Kier alpha value is -4.17. The van der Waals surface area contributed by atoms with Crippen LogP contribution in [-0.2, 0) is 0 Å². The number of nitrogens with zero attached hydrogens (tertiary/aromatic N) is 1. The van der Waals surface area contributed by atoms with Crippen molar-refractivity contribution in [2.75, 3.05) is 17.3 Å². The molecule has 0 saturated carbocycles. The average Bonchev–Trinajstić information content (AvgIpc) is 3.03. The van der Waals surface area contributed by atoms with Gasteiger partial charge in [-0.15, -0.1) is 0 Å². The van der Waals surface area contributed by atoms with Crippen LogP contribution < -0.4 is 15.0 Å². The predicted octanol–water partition coefficient (Wildman–Crippen LogP) is 4.10. The van der Waals surface area contributed by atoms with Gasteiger partial charge in [-0.25, -0.2) is 9.69 Å². The summed E-state index contributed by atoms with van der Waals surface area (Å²) in [6.07, 6.45) is 0. The van der Waals surface area contributed by atoms with Crippen molar-refractivity contribution in [3.8, 4) is 5.75 Å². The van der Waals surface area contributed by atoms with E-state index in [9.17, 15) is 19.2 Å². The monoisotopic (exact) mass is 450 g/mol. The van der Waals surface area contributed by atoms with Gasteiger partial charge in [0.05, 0.1) is 35.2 Å². The van der Waals surface area contributed by atoms with E-state index in [4.69, 9.17) is 21.4 Å². The van der Waals surface area contributed by atoms with Crippen LogP contribution >= 0.6 is 11.6 Å². The quantitative estimate of drug-likeness (QED) is 0.566. The van der Waals surface area contributed by atoms with Crippen LogP contribution in [0.15, 0.2) is 60.7 Å². The zero-order chi connectivity index (χ0) is 23.0. The summed E-state index contributed by atoms with van der Waals surface area (Å²) in [6.45, 7) is 0. The number of hydrogen-bond donors (Lipinski definition) is 2. The fourth-order valence-electron chi connectivity index (χ4n) is 3.37. The van der Waals surface area contributed by atoms with E-state index >= 15 is 0 Å². The predicted molar refractivity (Wildman–Crippen MR) is 117 cm³/mol. The first kappa shape index (κ1) is 21.1. The van der Waals surface area contributed by atoms with Crippen molar-refractivity contribution in [1.82, 2.24) is 0 Å². The van der Waals surface area contributed by atoms with E-state index in [0.29, 0.717) is 16.5 Å². The lowest BCUT2D eigenvalue weighted by Crippen LogP contribution is -2.29. The van der Waals surface area contributed by atoms with Gasteiger partial charge in [-0.05, 0) is 54.6 Å². The molecule has 8 nitrogen and oxygen atoms in total. The molecule has 2 N–H and O–H groups in total. The molecular weight excluding hydrogens is 436 g/mol. The molecule has 0 unspecified atom stereocenters. The first-order chi connectivity index (χ1) is 15.3. The second-order valence-electron chi connectivity index (χ2n) is 6.86. The Morgan fingerprint density at radius 3 is 2.41 bits per heavy atom. The normalized spacial score (nSPS) is 12.5. The molecule has 32 heavy (non-hydrogen) atoms. The third-order valence-corrected chi connectivity index (χ3v) is 5.14. The van der Waals surface area contributed by atoms with E-state index in [1.165, 1.54) is 55.6 Å². The van der Waals surface area contributed by atoms with Crippen LogP contribution in [0.5, 0.6) is 5.75 Å². The highest BCUT2D eigenvalue weighted by Gasteiger charge is 2.37. The largest absolute Gasteiger partial charge is 0.495 e. The Morgan fingerprint density at radius 2 is 1.69 bits per heavy atom. The van der Waals surface area contributed by atoms with Crippen molar-refractivity contribution in [3.63, 3.8) is 0 Å². The van der Waals surface area contributed by atoms with Crippen molar-refractivity contribution in [2.24, 2.45) is 0 Å². The maximum Gasteiger partial charge on any atom is 0.335 e. The second-order valence-corrected chi connectivity index (χ2v) is 7.30. The van der Waals surface area contributed by atoms with Gasteiger partial charge in [0.2, 0.25) is 0 Å². The van der Waals surface area contributed by atoms with Gasteiger partial charge in [-0.1, -0.05) is 17.7 Å². The average molecular weight is 451 g/mol. The molecule has 0 spiro atoms. The zero-order valence-electron chi connectivity index (χ0n) is 16.6. The standard InChI is InChI=1S/C23H15ClN2O6/c1-32-19-8-6-14(24)11-18(19)25-20(27)12-3-2-4-15(9-12)26-21(28)16-7-5-13(23(30)31)10-17(16)22(26)29/h2-11H,1H3,(H,25,27)(H,30,31). The van der Waals surface area contributed by atoms with Gasteiger partial charge in [0.25, 0.3) is 17.7 Å². The van der Waals surface area contributed by atoms with Crippen LogP contribution in [0.25, 0.3) is 0 Å². The maximum atomic E-state index is 12.9. The molecule has 1 aliphatic rings. The van der Waals surface area contributed by atoms with Gasteiger partial charge in [0.15, 0.2) is 0 Å². The number of benzene rings is 3. The number of halogens is 1. The Bertz CT molecular complexity index is 1300. The number of ether oxygens (including phenoxy) is 1. The lowest BCUT2D eigenvalue weighted by molar-refractivity contribution is 0.0696. The molecule has 3 aromatic carbocycles. The summed E-state index contributed by atoms with van der Waals surface area (Å²) < 4.78 is 5.22. The highest BCUT2D eigenvalue weighted by molar-refractivity contribution is 6.35. The summed E-state index contributed by atoms with van der Waals surface area (Å²) in [5.41, 5.74) is 0.714. The number of fused-ring (bicyclic) bond motifs is 1. The summed E-state index contributed by atoms with van der Waals surface area (Å²) in [4.78, 5) is 50.6. The molecule has 0 radical (unpaired) electrons. The first-order valence-corrected chi connectivity index (χ1v) is 9.69. The molecule has 0 aliphatic carbocycles. The molecule has 0 saturated heterocycles. The number of amides is 3. The van der Waals surface area contributed by atoms with Crippen LogP contribution in [-0.4, -0.2) is 35.9 Å². The molecule has 4 rings (SSSR count). The molecule has 3 amide bonds. The number of carboxylic acids is 1. The Balaban J connectivity index is 1.64. The summed E-state index contributed by atoms with van der Waals surface area (Å²) in [6, 6.07) is 14.5. The lowest BCUT2D eigenvalue weighted by Gasteiger charge is -2.15. The van der Waals surface area contributed by atoms with Crippen LogP contribution in [0, 0.1) is 0 Å². The highest BCUT2D eigenvalue weighted by Crippen LogP contribution is 2.31. The smallest absolute Gasteiger partial charge is 0.335 e. The number of nitrogens with one attached hydrogen (secondary N) is 1. The molecule has 3 aromatic rings. The molecule has 1 aliphatic heterocycles. The highest BCUT2D eigenvalue weighted by atomic mass is 35.5. The number of carbonyl (C=O) groups excluding carboxylic acids is 3. The summed E-state index contributed by atoms with van der Waals surface area (Å²) in [5.74, 6) is -2.56. The SMILES string of the molecule is COc1ccc(Cl)cc1NC(=O)c1cccc(N2C(=O)c3ccc(C(=O)O)cc3C2=O)c1. The Labute approximate surface area is 187 Å². The van der Waals surface area contributed by atoms with Crippen LogP contribution in [0.4, 0.5) is 11.4 Å². The minimum atomic E-state index is -1.21. The van der Waals surface area contributed by atoms with Crippen LogP contribution in [0.2, 0.25) is 5.02 Å². The number of carboxylic acid groups (broad SMARTS) is 1. The summed E-state index contributed by atoms with van der Waals surface area (Å²) in [7, 11) is 1.46. The fraction of sp³-hybridized carbons (Fsp3) is 0.0435. The van der Waals surface area contributed by atoms with E-state index in [2.05, 4.69) is 5.32 Å². The molecule has 0 fully saturated rings. The van der Waals surface area contributed by atoms with E-state index in [1.54, 1.807) is 12.1 Å². The molecule has 160 valence electrons. The van der Waals surface area contributed by atoms with Gasteiger partial charge in [0.1, 0.15) is 5.75 Å². The third kappa shape index (κ3) is 3.67. The minimum absolute atomic E-state index is 0.00609. The molecule has 1 heterocycles. The fourth-order valence-corrected chi connectivity index (χ4v) is 3.54. The van der Waals surface area contributed by atoms with Crippen molar-refractivity contribution >= 4 is 46.7 Å². The molecule has 9 heteroatoms. The van der Waals surface area contributed by atoms with Crippen molar-refractivity contribution in [3.05, 3.63) is 87.9 Å². The Kier molecular flexibility index (Phi) is 5.38. The molecule has 0 bridgehead atoms. The third-order valence-electron chi connectivity index (χ3n) is 4.91. The number of hydrogen-bond acceptors (Lipinski definition) is 5. The summed E-state index contributed by atoms with van der Waals surface area (Å²) >= 11 is 6.00. The van der Waals surface area contributed by atoms with Crippen LogP contribution in [0.3, 0.4) is 0 Å². The van der Waals surface area contributed by atoms with Gasteiger partial charge < -0.3 is 15.2 Å². The maximum absolute atomic E-state index is 12.9. The van der Waals surface area contributed by atoms with E-state index < -0.39 is 23.7 Å². The van der Waals surface area contributed by atoms with Gasteiger partial charge in [0, 0.05) is 10.6 Å². The molecule has 0 aromatic heterocycles. The van der Waals surface area contributed by atoms with Crippen molar-refractivity contribution < 1.29 is 29.0 Å². The number of imide groups is 1. The van der Waals surface area contributed by atoms with E-state index in [1.807, 2.05) is 0 Å². The number of aromatic carboxylic acids is 1. The first-order valence-electron chi connectivity index (χ1n) is 9.31. The number of carbonyl (C=O) groups is 4. The molecular formula is C23H15ClN2O6. The van der Waals surface area contributed by atoms with Gasteiger partial charge in [-0.3, -0.25) is 14.4 Å². The molecule has 0 atom stereocenters. The summed E-state index contributed by atoms with van der Waals surface area (Å²) in [5, 5.41) is 12.3. The van der Waals surface area contributed by atoms with Gasteiger partial charge in [-0.2, -0.15) is 0 Å². The van der Waals surface area contributed by atoms with Crippen molar-refractivity contribution in [1.29, 1.82) is 0 Å².